The fraction of sp³-hybridized carbons (Fsp3) is 0.0943. The standard InChI is InChI=1S/C53H42BNO/c1-2-3-8-18-37-33-49-52-51(34-37)56-50-32-30-43(39-21-11-5-12-22-39)36-47(50)54(52)46-35-42(38-19-9-4-10-20-38)29-31-48(46)55(49)53-44(40-23-13-6-14-24-40)27-17-28-45(53)41-25-15-7-16-26-41/h4-7,9-17,19-36H,2-3,8,18H2,1H3. The topological polar surface area (TPSA) is 12.5 Å². The second-order valence-corrected chi connectivity index (χ2v) is 15.0. The van der Waals surface area contributed by atoms with Crippen molar-refractivity contribution in [2.45, 2.75) is 32.6 Å². The smallest absolute Gasteiger partial charge is 0.256 e. The van der Waals surface area contributed by atoms with E-state index in [4.69, 9.17) is 4.74 Å². The van der Waals surface area contributed by atoms with Crippen molar-refractivity contribution in [3.63, 3.8) is 0 Å². The third-order valence-electron chi connectivity index (χ3n) is 11.5. The number of hydrogen-bond acceptors (Lipinski definition) is 2. The van der Waals surface area contributed by atoms with Crippen molar-refractivity contribution in [1.29, 1.82) is 0 Å². The molecule has 2 aliphatic heterocycles. The van der Waals surface area contributed by atoms with Gasteiger partial charge in [-0.25, -0.2) is 0 Å². The maximum absolute atomic E-state index is 7.08. The Labute approximate surface area is 330 Å². The average molecular weight is 720 g/mol. The third kappa shape index (κ3) is 6.01. The van der Waals surface area contributed by atoms with Gasteiger partial charge in [-0.2, -0.15) is 0 Å². The lowest BCUT2D eigenvalue weighted by molar-refractivity contribution is 0.486. The predicted octanol–water partition coefficient (Wildman–Crippen LogP) is 12.5. The van der Waals surface area contributed by atoms with Crippen LogP contribution in [-0.4, -0.2) is 6.71 Å². The zero-order chi connectivity index (χ0) is 37.4. The van der Waals surface area contributed by atoms with E-state index in [-0.39, 0.29) is 6.71 Å². The Hall–Kier alpha value is -6.58. The second-order valence-electron chi connectivity index (χ2n) is 15.0. The molecular weight excluding hydrogens is 677 g/mol. The number of benzene rings is 8. The van der Waals surface area contributed by atoms with Crippen molar-refractivity contribution in [1.82, 2.24) is 0 Å². The van der Waals surface area contributed by atoms with Crippen LogP contribution < -0.4 is 26.0 Å². The Morgan fingerprint density at radius 3 is 1.59 bits per heavy atom. The first kappa shape index (κ1) is 34.0. The van der Waals surface area contributed by atoms with Gasteiger partial charge in [0, 0.05) is 22.5 Å². The summed E-state index contributed by atoms with van der Waals surface area (Å²) in [6, 6.07) is 68.7. The summed E-state index contributed by atoms with van der Waals surface area (Å²) in [7, 11) is 0. The molecule has 3 heteroatoms. The fourth-order valence-corrected chi connectivity index (χ4v) is 8.88. The molecule has 2 aliphatic rings. The van der Waals surface area contributed by atoms with Crippen LogP contribution in [0.25, 0.3) is 44.5 Å². The highest BCUT2D eigenvalue weighted by molar-refractivity contribution is 6.99. The van der Waals surface area contributed by atoms with Crippen LogP contribution in [0.15, 0.2) is 188 Å². The zero-order valence-electron chi connectivity index (χ0n) is 31.7. The van der Waals surface area contributed by atoms with Gasteiger partial charge in [0.2, 0.25) is 0 Å². The van der Waals surface area contributed by atoms with Gasteiger partial charge in [-0.3, -0.25) is 0 Å². The Balaban J connectivity index is 1.29. The van der Waals surface area contributed by atoms with Crippen LogP contribution in [0.5, 0.6) is 11.5 Å². The van der Waals surface area contributed by atoms with Gasteiger partial charge in [-0.05, 0) is 92.4 Å². The third-order valence-corrected chi connectivity index (χ3v) is 11.5. The van der Waals surface area contributed by atoms with E-state index >= 15 is 0 Å². The SMILES string of the molecule is CCCCCc1cc2c3c(c1)N(c1c(-c4ccccc4)cccc1-c1ccccc1)c1ccc(-c4ccccc4)cc1B3c1cc(-c3ccccc3)ccc1O2. The van der Waals surface area contributed by atoms with Crippen molar-refractivity contribution >= 4 is 40.2 Å². The summed E-state index contributed by atoms with van der Waals surface area (Å²) in [5.41, 5.74) is 18.1. The van der Waals surface area contributed by atoms with E-state index in [1.807, 2.05) is 0 Å². The number of rotatable bonds is 9. The molecule has 0 amide bonds. The lowest BCUT2D eigenvalue weighted by Gasteiger charge is -2.42. The molecule has 0 N–H and O–H groups in total. The number of fused-ring (bicyclic) bond motifs is 4. The number of para-hydroxylation sites is 1. The van der Waals surface area contributed by atoms with E-state index in [9.17, 15) is 0 Å². The fourth-order valence-electron chi connectivity index (χ4n) is 8.88. The predicted molar refractivity (Wildman–Crippen MR) is 237 cm³/mol. The molecule has 0 unspecified atom stereocenters. The van der Waals surface area contributed by atoms with E-state index in [2.05, 4.69) is 200 Å². The second kappa shape index (κ2) is 14.6. The summed E-state index contributed by atoms with van der Waals surface area (Å²) in [5.74, 6) is 1.89. The van der Waals surface area contributed by atoms with E-state index in [1.54, 1.807) is 0 Å². The quantitative estimate of drug-likeness (QED) is 0.109. The molecule has 0 saturated carbocycles. The summed E-state index contributed by atoms with van der Waals surface area (Å²) in [6.07, 6.45) is 4.52. The van der Waals surface area contributed by atoms with Crippen molar-refractivity contribution in [2.75, 3.05) is 4.90 Å². The Kier molecular flexibility index (Phi) is 8.84. The van der Waals surface area contributed by atoms with E-state index in [0.717, 1.165) is 24.3 Å². The number of unbranched alkanes of at least 4 members (excludes halogenated alkanes) is 2. The van der Waals surface area contributed by atoms with Gasteiger partial charge in [0.05, 0.1) is 5.69 Å². The molecule has 0 fully saturated rings. The van der Waals surface area contributed by atoms with E-state index < -0.39 is 0 Å². The van der Waals surface area contributed by atoms with Crippen molar-refractivity contribution in [2.24, 2.45) is 0 Å². The molecule has 268 valence electrons. The number of nitrogens with zero attached hydrogens (tertiary/aromatic N) is 1. The highest BCUT2D eigenvalue weighted by Crippen LogP contribution is 2.49. The molecule has 8 aromatic rings. The van der Waals surface area contributed by atoms with Crippen molar-refractivity contribution < 1.29 is 4.74 Å². The van der Waals surface area contributed by atoms with Crippen LogP contribution in [0.2, 0.25) is 0 Å². The number of aryl methyl sites for hydroxylation is 1. The first-order valence-electron chi connectivity index (χ1n) is 20.0. The number of anilines is 3. The molecule has 2 nitrogen and oxygen atoms in total. The van der Waals surface area contributed by atoms with Gasteiger partial charge >= 0.3 is 0 Å². The maximum Gasteiger partial charge on any atom is 0.256 e. The number of hydrogen-bond donors (Lipinski definition) is 0. The van der Waals surface area contributed by atoms with Gasteiger partial charge in [-0.15, -0.1) is 0 Å². The van der Waals surface area contributed by atoms with Crippen LogP contribution in [0.3, 0.4) is 0 Å². The lowest BCUT2D eigenvalue weighted by Crippen LogP contribution is -2.59. The van der Waals surface area contributed by atoms with Crippen LogP contribution in [0.1, 0.15) is 31.7 Å². The summed E-state index contributed by atoms with van der Waals surface area (Å²) in [6.45, 7) is 2.25. The highest BCUT2D eigenvalue weighted by atomic mass is 16.5. The minimum Gasteiger partial charge on any atom is -0.458 e. The molecule has 8 aromatic carbocycles. The van der Waals surface area contributed by atoms with Gasteiger partial charge in [0.15, 0.2) is 0 Å². The van der Waals surface area contributed by atoms with Crippen LogP contribution in [0.4, 0.5) is 17.1 Å². The first-order chi connectivity index (χ1) is 27.7. The first-order valence-corrected chi connectivity index (χ1v) is 20.0. The van der Waals surface area contributed by atoms with Crippen LogP contribution >= 0.6 is 0 Å². The van der Waals surface area contributed by atoms with Crippen LogP contribution in [-0.2, 0) is 6.42 Å². The molecule has 10 rings (SSSR count). The molecule has 0 saturated heterocycles. The monoisotopic (exact) mass is 719 g/mol. The Morgan fingerprint density at radius 1 is 0.446 bits per heavy atom. The molecule has 0 aliphatic carbocycles. The molecule has 0 atom stereocenters. The molecule has 0 radical (unpaired) electrons. The van der Waals surface area contributed by atoms with Crippen molar-refractivity contribution in [3.05, 3.63) is 194 Å². The minimum atomic E-state index is -0.0314. The highest BCUT2D eigenvalue weighted by Gasteiger charge is 2.43. The van der Waals surface area contributed by atoms with Gasteiger partial charge < -0.3 is 9.64 Å². The van der Waals surface area contributed by atoms with E-state index in [1.165, 1.54) is 96.4 Å². The van der Waals surface area contributed by atoms with Gasteiger partial charge in [-0.1, -0.05) is 184 Å². The normalized spacial score (nSPS) is 12.4. The van der Waals surface area contributed by atoms with Gasteiger partial charge in [0.1, 0.15) is 11.5 Å². The molecule has 0 aromatic heterocycles. The summed E-state index contributed by atoms with van der Waals surface area (Å²) >= 11 is 0. The number of ether oxygens (including phenoxy) is 1. The largest absolute Gasteiger partial charge is 0.458 e. The summed E-state index contributed by atoms with van der Waals surface area (Å²) in [4.78, 5) is 2.57. The Morgan fingerprint density at radius 2 is 1.00 bits per heavy atom. The summed E-state index contributed by atoms with van der Waals surface area (Å²) in [5, 5.41) is 0. The molecule has 0 bridgehead atoms. The zero-order valence-corrected chi connectivity index (χ0v) is 31.7. The van der Waals surface area contributed by atoms with Gasteiger partial charge in [0.25, 0.3) is 6.71 Å². The van der Waals surface area contributed by atoms with E-state index in [0.29, 0.717) is 0 Å². The maximum atomic E-state index is 7.08. The lowest BCUT2D eigenvalue weighted by atomic mass is 9.34. The molecule has 56 heavy (non-hydrogen) atoms. The molecule has 2 heterocycles. The molecular formula is C53H42BNO. The molecule has 0 spiro atoms. The minimum absolute atomic E-state index is 0.0314. The average Bonchev–Trinajstić information content (AvgIpc) is 3.27. The van der Waals surface area contributed by atoms with Crippen molar-refractivity contribution in [3.8, 4) is 56.0 Å². The van der Waals surface area contributed by atoms with Crippen LogP contribution in [0, 0.1) is 0 Å². The Bertz CT molecular complexity index is 2620. The summed E-state index contributed by atoms with van der Waals surface area (Å²) < 4.78 is 7.08.